The molecule has 0 saturated heterocycles. The van der Waals surface area contributed by atoms with Gasteiger partial charge in [-0.05, 0) is 24.3 Å². The molecule has 3 aromatic rings. The number of hydrogen-bond donors (Lipinski definition) is 1. The Balaban J connectivity index is 1.88. The molecule has 21 heavy (non-hydrogen) atoms. The highest BCUT2D eigenvalue weighted by Gasteiger charge is 2.19. The zero-order valence-electron chi connectivity index (χ0n) is 11.6. The minimum Gasteiger partial charge on any atom is -0.373 e. The number of pyridine rings is 1. The van der Waals surface area contributed by atoms with Gasteiger partial charge in [0.05, 0.1) is 11.2 Å². The van der Waals surface area contributed by atoms with E-state index < -0.39 is 0 Å². The molecule has 0 bridgehead atoms. The normalized spacial score (nSPS) is 13.4. The van der Waals surface area contributed by atoms with Crippen LogP contribution in [0.2, 0.25) is 0 Å². The van der Waals surface area contributed by atoms with Crippen LogP contribution in [0.25, 0.3) is 22.3 Å². The maximum Gasteiger partial charge on any atom is 0.161 e. The summed E-state index contributed by atoms with van der Waals surface area (Å²) in [4.78, 5) is 13.8. The Morgan fingerprint density at radius 2 is 2.10 bits per heavy atom. The Morgan fingerprint density at radius 1 is 1.14 bits per heavy atom. The van der Waals surface area contributed by atoms with E-state index in [1.54, 1.807) is 0 Å². The van der Waals surface area contributed by atoms with Crippen molar-refractivity contribution in [2.75, 3.05) is 12.4 Å². The smallest absolute Gasteiger partial charge is 0.161 e. The van der Waals surface area contributed by atoms with Gasteiger partial charge in [0, 0.05) is 41.3 Å². The van der Waals surface area contributed by atoms with Crippen LogP contribution in [-0.2, 0) is 11.5 Å². The monoisotopic (exact) mass is 294 g/mol. The lowest BCUT2D eigenvalue weighted by Crippen LogP contribution is -2.03. The number of rotatable bonds is 2. The second-order valence-corrected chi connectivity index (χ2v) is 5.96. The molecule has 1 aliphatic rings. The summed E-state index contributed by atoms with van der Waals surface area (Å²) < 4.78 is 0. The maximum absolute atomic E-state index is 4.75. The van der Waals surface area contributed by atoms with Gasteiger partial charge in [-0.1, -0.05) is 6.07 Å². The van der Waals surface area contributed by atoms with Gasteiger partial charge in [0.1, 0.15) is 5.82 Å². The molecule has 0 radical (unpaired) electrons. The highest BCUT2D eigenvalue weighted by Crippen LogP contribution is 2.34. The number of anilines is 1. The average Bonchev–Trinajstić information content (AvgIpc) is 3.02. The number of benzene rings is 1. The Kier molecular flexibility index (Phi) is 3.00. The van der Waals surface area contributed by atoms with E-state index in [1.807, 2.05) is 43.2 Å². The van der Waals surface area contributed by atoms with Crippen LogP contribution in [0.1, 0.15) is 11.3 Å². The van der Waals surface area contributed by atoms with Crippen LogP contribution in [0.3, 0.4) is 0 Å². The maximum atomic E-state index is 4.75. The molecule has 4 nitrogen and oxygen atoms in total. The van der Waals surface area contributed by atoms with Crippen LogP contribution >= 0.6 is 11.8 Å². The zero-order valence-corrected chi connectivity index (χ0v) is 12.4. The molecule has 0 spiro atoms. The SMILES string of the molecule is CNc1nc(-c2ccc3ncccc3c2)nc2c1CSC2. The van der Waals surface area contributed by atoms with E-state index in [2.05, 4.69) is 27.4 Å². The van der Waals surface area contributed by atoms with Gasteiger partial charge in [0.2, 0.25) is 0 Å². The van der Waals surface area contributed by atoms with E-state index >= 15 is 0 Å². The van der Waals surface area contributed by atoms with Crippen LogP contribution in [0, 0.1) is 0 Å². The van der Waals surface area contributed by atoms with Crippen molar-refractivity contribution in [3.8, 4) is 11.4 Å². The zero-order chi connectivity index (χ0) is 14.2. The van der Waals surface area contributed by atoms with Crippen molar-refractivity contribution < 1.29 is 0 Å². The van der Waals surface area contributed by atoms with Gasteiger partial charge < -0.3 is 5.32 Å². The fraction of sp³-hybridized carbons (Fsp3) is 0.188. The summed E-state index contributed by atoms with van der Waals surface area (Å²) in [7, 11) is 1.92. The molecule has 0 atom stereocenters. The highest BCUT2D eigenvalue weighted by molar-refractivity contribution is 7.98. The molecule has 3 heterocycles. The number of hydrogen-bond acceptors (Lipinski definition) is 5. The molecular formula is C16H14N4S. The number of fused-ring (bicyclic) bond motifs is 2. The first kappa shape index (κ1) is 12.6. The van der Waals surface area contributed by atoms with Crippen LogP contribution in [-0.4, -0.2) is 22.0 Å². The molecule has 0 unspecified atom stereocenters. The van der Waals surface area contributed by atoms with E-state index in [-0.39, 0.29) is 0 Å². The second kappa shape index (κ2) is 5.00. The van der Waals surface area contributed by atoms with Crippen LogP contribution in [0.5, 0.6) is 0 Å². The number of nitrogens with one attached hydrogen (secondary N) is 1. The van der Waals surface area contributed by atoms with Crippen LogP contribution in [0.4, 0.5) is 5.82 Å². The summed E-state index contributed by atoms with van der Waals surface area (Å²) in [5, 5.41) is 4.31. The number of aromatic nitrogens is 3. The van der Waals surface area contributed by atoms with Crippen molar-refractivity contribution in [1.29, 1.82) is 0 Å². The molecule has 5 heteroatoms. The molecule has 0 saturated carbocycles. The van der Waals surface area contributed by atoms with E-state index in [0.29, 0.717) is 0 Å². The summed E-state index contributed by atoms with van der Waals surface area (Å²) in [6.07, 6.45) is 1.81. The second-order valence-electron chi connectivity index (χ2n) is 4.97. The third-order valence-corrected chi connectivity index (χ3v) is 4.65. The number of nitrogens with zero attached hydrogens (tertiary/aromatic N) is 3. The molecule has 0 fully saturated rings. The molecule has 104 valence electrons. The summed E-state index contributed by atoms with van der Waals surface area (Å²) in [6.45, 7) is 0. The molecule has 4 rings (SSSR count). The Labute approximate surface area is 127 Å². The van der Waals surface area contributed by atoms with Gasteiger partial charge in [0.25, 0.3) is 0 Å². The molecule has 1 aliphatic heterocycles. The van der Waals surface area contributed by atoms with Crippen molar-refractivity contribution in [2.24, 2.45) is 0 Å². The predicted octanol–water partition coefficient (Wildman–Crippen LogP) is 3.48. The summed E-state index contributed by atoms with van der Waals surface area (Å²) >= 11 is 1.89. The summed E-state index contributed by atoms with van der Waals surface area (Å²) in [5.74, 6) is 3.69. The van der Waals surface area contributed by atoms with E-state index in [1.165, 1.54) is 5.56 Å². The molecule has 2 aromatic heterocycles. The molecule has 0 aliphatic carbocycles. The largest absolute Gasteiger partial charge is 0.373 e. The van der Waals surface area contributed by atoms with Gasteiger partial charge >= 0.3 is 0 Å². The van der Waals surface area contributed by atoms with Gasteiger partial charge in [0.15, 0.2) is 5.82 Å². The van der Waals surface area contributed by atoms with E-state index in [9.17, 15) is 0 Å². The summed E-state index contributed by atoms with van der Waals surface area (Å²) in [6, 6.07) is 10.2. The third kappa shape index (κ3) is 2.14. The molecule has 1 aromatic carbocycles. The lowest BCUT2D eigenvalue weighted by atomic mass is 10.1. The fourth-order valence-corrected chi connectivity index (χ4v) is 3.64. The average molecular weight is 294 g/mol. The standard InChI is InChI=1S/C16H14N4S/c1-17-16-12-8-21-9-14(12)19-15(20-16)11-4-5-13-10(7-11)3-2-6-18-13/h2-7H,8-9H2,1H3,(H,17,19,20). The Hall–Kier alpha value is -2.14. The molecule has 0 amide bonds. The summed E-state index contributed by atoms with van der Waals surface area (Å²) in [5.41, 5.74) is 4.42. The Morgan fingerprint density at radius 3 is 3.00 bits per heavy atom. The van der Waals surface area contributed by atoms with Crippen LogP contribution < -0.4 is 5.32 Å². The highest BCUT2D eigenvalue weighted by atomic mass is 32.2. The van der Waals surface area contributed by atoms with Gasteiger partial charge in [-0.25, -0.2) is 9.97 Å². The van der Waals surface area contributed by atoms with E-state index in [4.69, 9.17) is 4.98 Å². The van der Waals surface area contributed by atoms with Crippen LogP contribution in [0.15, 0.2) is 36.5 Å². The third-order valence-electron chi connectivity index (χ3n) is 3.68. The van der Waals surface area contributed by atoms with E-state index in [0.717, 1.165) is 45.3 Å². The minimum absolute atomic E-state index is 0.784. The number of thioether (sulfide) groups is 1. The quantitative estimate of drug-likeness (QED) is 0.784. The van der Waals surface area contributed by atoms with Gasteiger partial charge in [-0.3, -0.25) is 4.98 Å². The first-order valence-corrected chi connectivity index (χ1v) is 8.01. The first-order chi connectivity index (χ1) is 10.3. The lowest BCUT2D eigenvalue weighted by Gasteiger charge is -2.09. The lowest BCUT2D eigenvalue weighted by molar-refractivity contribution is 1.07. The first-order valence-electron chi connectivity index (χ1n) is 6.85. The fourth-order valence-electron chi connectivity index (χ4n) is 2.60. The van der Waals surface area contributed by atoms with Crippen molar-refractivity contribution >= 4 is 28.5 Å². The Bertz CT molecular complexity index is 832. The minimum atomic E-state index is 0.784. The van der Waals surface area contributed by atoms with Crippen molar-refractivity contribution in [3.63, 3.8) is 0 Å². The molecule has 1 N–H and O–H groups in total. The van der Waals surface area contributed by atoms with Crippen molar-refractivity contribution in [1.82, 2.24) is 15.0 Å². The van der Waals surface area contributed by atoms with Gasteiger partial charge in [-0.2, -0.15) is 11.8 Å². The van der Waals surface area contributed by atoms with Crippen molar-refractivity contribution in [3.05, 3.63) is 47.8 Å². The van der Waals surface area contributed by atoms with Crippen molar-refractivity contribution in [2.45, 2.75) is 11.5 Å². The van der Waals surface area contributed by atoms with Gasteiger partial charge in [-0.15, -0.1) is 0 Å². The predicted molar refractivity (Wildman–Crippen MR) is 87.3 cm³/mol. The topological polar surface area (TPSA) is 50.7 Å². The molecular weight excluding hydrogens is 280 g/mol.